The Kier molecular flexibility index (Phi) is 5.49. The van der Waals surface area contributed by atoms with Gasteiger partial charge in [-0.15, -0.1) is 0 Å². The number of carboxylic acid groups (broad SMARTS) is 1. The number of ether oxygens (including phenoxy) is 2. The average Bonchev–Trinajstić information content (AvgIpc) is 2.45. The zero-order valence-corrected chi connectivity index (χ0v) is 11.9. The largest absolute Gasteiger partial charge is 0.481 e. The first-order valence-electron chi connectivity index (χ1n) is 6.40. The van der Waals surface area contributed by atoms with E-state index in [9.17, 15) is 14.7 Å². The lowest BCUT2D eigenvalue weighted by molar-refractivity contribution is -0.168. The van der Waals surface area contributed by atoms with Crippen LogP contribution in [0.2, 0.25) is 0 Å². The topological polar surface area (TPSA) is 85.7 Å². The number of carboxylic acids is 1. The number of aromatic nitrogens is 1. The van der Waals surface area contributed by atoms with Gasteiger partial charge in [-0.1, -0.05) is 13.0 Å². The van der Waals surface area contributed by atoms with Gasteiger partial charge in [0.2, 0.25) is 5.88 Å². The number of carbonyl (C=O) groups is 2. The molecule has 0 aliphatic rings. The summed E-state index contributed by atoms with van der Waals surface area (Å²) in [7, 11) is 1.45. The Labute approximate surface area is 117 Å². The van der Waals surface area contributed by atoms with Crippen LogP contribution in [0.5, 0.6) is 5.88 Å². The summed E-state index contributed by atoms with van der Waals surface area (Å²) in [5, 5.41) is 9.48. The summed E-state index contributed by atoms with van der Waals surface area (Å²) in [5.74, 6) is -1.62. The number of pyridine rings is 1. The maximum atomic E-state index is 12.1. The second kappa shape index (κ2) is 6.88. The van der Waals surface area contributed by atoms with Crippen molar-refractivity contribution in [2.75, 3.05) is 13.7 Å². The predicted molar refractivity (Wildman–Crippen MR) is 71.5 cm³/mol. The number of esters is 1. The van der Waals surface area contributed by atoms with Crippen molar-refractivity contribution in [2.45, 2.75) is 26.7 Å². The van der Waals surface area contributed by atoms with E-state index in [0.29, 0.717) is 11.4 Å². The minimum atomic E-state index is -1.62. The molecule has 0 saturated carbocycles. The number of carbonyl (C=O) groups excluding carboxylic acids is 1. The zero-order chi connectivity index (χ0) is 15.2. The average molecular weight is 281 g/mol. The van der Waals surface area contributed by atoms with Crippen LogP contribution in [0.25, 0.3) is 0 Å². The Morgan fingerprint density at radius 2 is 2.10 bits per heavy atom. The minimum Gasteiger partial charge on any atom is -0.481 e. The smallest absolute Gasteiger partial charge is 0.323 e. The van der Waals surface area contributed by atoms with Gasteiger partial charge in [-0.2, -0.15) is 0 Å². The molecule has 1 rings (SSSR count). The molecule has 0 saturated heterocycles. The molecule has 0 aliphatic heterocycles. The minimum absolute atomic E-state index is 0.0192. The van der Waals surface area contributed by atoms with Crippen molar-refractivity contribution in [1.82, 2.24) is 4.98 Å². The van der Waals surface area contributed by atoms with Crippen molar-refractivity contribution in [1.29, 1.82) is 0 Å². The van der Waals surface area contributed by atoms with Crippen molar-refractivity contribution >= 4 is 11.9 Å². The summed E-state index contributed by atoms with van der Waals surface area (Å²) >= 11 is 0. The van der Waals surface area contributed by atoms with Gasteiger partial charge in [-0.25, -0.2) is 4.98 Å². The van der Waals surface area contributed by atoms with Crippen molar-refractivity contribution in [3.05, 3.63) is 23.9 Å². The molecule has 1 N–H and O–H groups in total. The standard InChI is InChI=1S/C14H19NO5/c1-4-14(12(16)17,13(18)20-5-2)9-10-7-6-8-15-11(10)19-3/h6-8H,4-5,9H2,1-3H3,(H,16,17). The lowest BCUT2D eigenvalue weighted by Gasteiger charge is -2.26. The van der Waals surface area contributed by atoms with Crippen LogP contribution in [-0.2, 0) is 20.7 Å². The summed E-state index contributed by atoms with van der Waals surface area (Å²) in [4.78, 5) is 27.7. The first kappa shape index (κ1) is 15.9. The molecule has 1 aromatic heterocycles. The highest BCUT2D eigenvalue weighted by atomic mass is 16.5. The summed E-state index contributed by atoms with van der Waals surface area (Å²) in [6.07, 6.45) is 1.65. The Balaban J connectivity index is 3.19. The van der Waals surface area contributed by atoms with Gasteiger partial charge in [0.15, 0.2) is 5.41 Å². The van der Waals surface area contributed by atoms with Crippen LogP contribution in [0.3, 0.4) is 0 Å². The van der Waals surface area contributed by atoms with Crippen LogP contribution in [0, 0.1) is 5.41 Å². The third-order valence-corrected chi connectivity index (χ3v) is 3.21. The zero-order valence-electron chi connectivity index (χ0n) is 11.9. The Bertz CT molecular complexity index is 488. The molecule has 0 spiro atoms. The molecule has 0 bridgehead atoms. The Hall–Kier alpha value is -2.11. The molecular weight excluding hydrogens is 262 g/mol. The number of methoxy groups -OCH3 is 1. The molecule has 0 aliphatic carbocycles. The molecule has 6 heteroatoms. The molecule has 110 valence electrons. The van der Waals surface area contributed by atoms with Crippen molar-refractivity contribution in [3.63, 3.8) is 0 Å². The lowest BCUT2D eigenvalue weighted by Crippen LogP contribution is -2.42. The third kappa shape index (κ3) is 3.07. The normalized spacial score (nSPS) is 13.3. The Morgan fingerprint density at radius 3 is 2.60 bits per heavy atom. The summed E-state index contributed by atoms with van der Waals surface area (Å²) in [6.45, 7) is 3.43. The van der Waals surface area contributed by atoms with Gasteiger partial charge in [-0.05, 0) is 19.4 Å². The monoisotopic (exact) mass is 281 g/mol. The highest BCUT2D eigenvalue weighted by Crippen LogP contribution is 2.32. The fraction of sp³-hybridized carbons (Fsp3) is 0.500. The number of hydrogen-bond acceptors (Lipinski definition) is 5. The molecule has 20 heavy (non-hydrogen) atoms. The van der Waals surface area contributed by atoms with E-state index < -0.39 is 17.4 Å². The van der Waals surface area contributed by atoms with Crippen LogP contribution >= 0.6 is 0 Å². The first-order valence-corrected chi connectivity index (χ1v) is 6.40. The van der Waals surface area contributed by atoms with E-state index in [1.807, 2.05) is 0 Å². The maximum absolute atomic E-state index is 12.1. The molecule has 0 radical (unpaired) electrons. The van der Waals surface area contributed by atoms with E-state index in [4.69, 9.17) is 9.47 Å². The second-order valence-corrected chi connectivity index (χ2v) is 4.31. The molecule has 0 aromatic carbocycles. The van der Waals surface area contributed by atoms with Gasteiger partial charge in [0.1, 0.15) is 0 Å². The summed E-state index contributed by atoms with van der Waals surface area (Å²) < 4.78 is 10.0. The molecule has 6 nitrogen and oxygen atoms in total. The van der Waals surface area contributed by atoms with Gasteiger partial charge in [-0.3, -0.25) is 9.59 Å². The van der Waals surface area contributed by atoms with Crippen LogP contribution in [0.1, 0.15) is 25.8 Å². The van der Waals surface area contributed by atoms with Crippen LogP contribution in [0.15, 0.2) is 18.3 Å². The number of nitrogens with zero attached hydrogens (tertiary/aromatic N) is 1. The molecule has 1 atom stereocenters. The molecule has 1 unspecified atom stereocenters. The second-order valence-electron chi connectivity index (χ2n) is 4.31. The lowest BCUT2D eigenvalue weighted by atomic mass is 9.79. The van der Waals surface area contributed by atoms with Gasteiger partial charge in [0.05, 0.1) is 13.7 Å². The van der Waals surface area contributed by atoms with E-state index in [-0.39, 0.29) is 19.4 Å². The number of aliphatic carboxylic acids is 1. The molecular formula is C14H19NO5. The van der Waals surface area contributed by atoms with E-state index in [2.05, 4.69) is 4.98 Å². The fourth-order valence-electron chi connectivity index (χ4n) is 1.99. The predicted octanol–water partition coefficient (Wildman–Crippen LogP) is 1.68. The maximum Gasteiger partial charge on any atom is 0.323 e. The summed E-state index contributed by atoms with van der Waals surface area (Å²) in [5.41, 5.74) is -1.06. The van der Waals surface area contributed by atoms with Gasteiger partial charge in [0, 0.05) is 18.2 Å². The van der Waals surface area contributed by atoms with Crippen molar-refractivity contribution in [2.24, 2.45) is 5.41 Å². The van der Waals surface area contributed by atoms with Crippen molar-refractivity contribution in [3.8, 4) is 5.88 Å². The third-order valence-electron chi connectivity index (χ3n) is 3.21. The van der Waals surface area contributed by atoms with E-state index in [1.54, 1.807) is 32.2 Å². The summed E-state index contributed by atoms with van der Waals surface area (Å²) in [6, 6.07) is 3.36. The van der Waals surface area contributed by atoms with Gasteiger partial charge >= 0.3 is 11.9 Å². The van der Waals surface area contributed by atoms with E-state index in [0.717, 1.165) is 0 Å². The number of rotatable bonds is 7. The van der Waals surface area contributed by atoms with E-state index >= 15 is 0 Å². The van der Waals surface area contributed by atoms with E-state index in [1.165, 1.54) is 7.11 Å². The van der Waals surface area contributed by atoms with Crippen LogP contribution in [0.4, 0.5) is 0 Å². The molecule has 1 heterocycles. The SMILES string of the molecule is CCOC(=O)C(CC)(Cc1cccnc1OC)C(=O)O. The fourth-order valence-corrected chi connectivity index (χ4v) is 1.99. The first-order chi connectivity index (χ1) is 9.51. The van der Waals surface area contributed by atoms with Crippen molar-refractivity contribution < 1.29 is 24.2 Å². The Morgan fingerprint density at radius 1 is 1.40 bits per heavy atom. The van der Waals surface area contributed by atoms with Gasteiger partial charge < -0.3 is 14.6 Å². The van der Waals surface area contributed by atoms with Gasteiger partial charge in [0.25, 0.3) is 0 Å². The number of hydrogen-bond donors (Lipinski definition) is 1. The molecule has 0 amide bonds. The molecule has 1 aromatic rings. The highest BCUT2D eigenvalue weighted by molar-refractivity contribution is 5.99. The quantitative estimate of drug-likeness (QED) is 0.604. The van der Waals surface area contributed by atoms with Crippen LogP contribution in [-0.4, -0.2) is 35.7 Å². The van der Waals surface area contributed by atoms with Crippen LogP contribution < -0.4 is 4.74 Å². The molecule has 0 fully saturated rings. The highest BCUT2D eigenvalue weighted by Gasteiger charge is 2.46.